The summed E-state index contributed by atoms with van der Waals surface area (Å²) in [4.78, 5) is 13.4. The molecular weight excluding hydrogens is 430 g/mol. The van der Waals surface area contributed by atoms with Crippen molar-refractivity contribution in [2.45, 2.75) is 25.8 Å². The molecule has 1 N–H and O–H groups in total. The standard InChI is InChI=1S/C21H15ClF2N4OS/c1-10-2-3-11-6-12(23)7-14-18(11)27(10)9-15(19(14)29)20-25-26-21(30)28(20)13-4-5-17(24)16(22)8-13/h4-10H,2-3H2,1H3,(H,26,30)/t10-/m1/s1. The summed E-state index contributed by atoms with van der Waals surface area (Å²) in [6, 6.07) is 7.01. The summed E-state index contributed by atoms with van der Waals surface area (Å²) in [6.45, 7) is 2.05. The molecule has 1 atom stereocenters. The fourth-order valence-electron chi connectivity index (χ4n) is 4.08. The smallest absolute Gasteiger partial charge is 0.200 e. The van der Waals surface area contributed by atoms with E-state index in [0.29, 0.717) is 17.5 Å². The molecular formula is C21H15ClF2N4OS. The summed E-state index contributed by atoms with van der Waals surface area (Å²) in [6.07, 6.45) is 3.28. The zero-order valence-corrected chi connectivity index (χ0v) is 17.3. The van der Waals surface area contributed by atoms with Crippen molar-refractivity contribution in [3.63, 3.8) is 0 Å². The van der Waals surface area contributed by atoms with E-state index >= 15 is 0 Å². The molecule has 30 heavy (non-hydrogen) atoms. The molecule has 0 aliphatic carbocycles. The molecule has 5 rings (SSSR count). The third-order valence-corrected chi connectivity index (χ3v) is 6.11. The van der Waals surface area contributed by atoms with Crippen molar-refractivity contribution in [3.05, 3.63) is 73.7 Å². The fourth-order valence-corrected chi connectivity index (χ4v) is 4.50. The molecule has 0 unspecified atom stereocenters. The number of pyridine rings is 1. The van der Waals surface area contributed by atoms with Gasteiger partial charge in [-0.25, -0.2) is 8.78 Å². The van der Waals surface area contributed by atoms with Crippen molar-refractivity contribution >= 4 is 34.7 Å². The normalized spacial score (nSPS) is 15.7. The Morgan fingerprint density at radius 2 is 2.07 bits per heavy atom. The quantitative estimate of drug-likeness (QED) is 0.424. The maximum Gasteiger partial charge on any atom is 0.200 e. The highest BCUT2D eigenvalue weighted by molar-refractivity contribution is 7.71. The number of hydrogen-bond acceptors (Lipinski definition) is 3. The Bertz CT molecular complexity index is 1460. The van der Waals surface area contributed by atoms with Gasteiger partial charge >= 0.3 is 0 Å². The molecule has 0 saturated carbocycles. The second-order valence-electron chi connectivity index (χ2n) is 7.41. The predicted octanol–water partition coefficient (Wildman–Crippen LogP) is 5.35. The Kier molecular flexibility index (Phi) is 4.37. The molecule has 152 valence electrons. The number of hydrogen-bond donors (Lipinski definition) is 1. The van der Waals surface area contributed by atoms with Gasteiger partial charge < -0.3 is 4.57 Å². The minimum Gasteiger partial charge on any atom is -0.343 e. The third-order valence-electron chi connectivity index (χ3n) is 5.55. The van der Waals surface area contributed by atoms with E-state index in [9.17, 15) is 13.6 Å². The molecule has 2 aromatic heterocycles. The first-order chi connectivity index (χ1) is 14.3. The van der Waals surface area contributed by atoms with Crippen molar-refractivity contribution in [2.75, 3.05) is 0 Å². The molecule has 1 aliphatic rings. The van der Waals surface area contributed by atoms with Crippen LogP contribution >= 0.6 is 23.8 Å². The number of H-pyrrole nitrogens is 1. The largest absolute Gasteiger partial charge is 0.343 e. The van der Waals surface area contributed by atoms with Crippen molar-refractivity contribution in [1.29, 1.82) is 0 Å². The lowest BCUT2D eigenvalue weighted by Gasteiger charge is -2.26. The SMILES string of the molecule is C[C@@H]1CCc2cc(F)cc3c(=O)c(-c4n[nH]c(=S)n4-c4ccc(F)c(Cl)c4)cn1c23. The average Bonchev–Trinajstić information content (AvgIpc) is 3.09. The van der Waals surface area contributed by atoms with E-state index in [1.54, 1.807) is 6.20 Å². The summed E-state index contributed by atoms with van der Waals surface area (Å²) in [5, 5.41) is 7.15. The maximum atomic E-state index is 14.2. The van der Waals surface area contributed by atoms with Crippen LogP contribution in [0.5, 0.6) is 0 Å². The molecule has 4 aromatic rings. The van der Waals surface area contributed by atoms with E-state index < -0.39 is 11.6 Å². The predicted molar refractivity (Wildman–Crippen MR) is 114 cm³/mol. The zero-order valence-electron chi connectivity index (χ0n) is 15.7. The molecule has 0 radical (unpaired) electrons. The Labute approximate surface area is 179 Å². The minimum atomic E-state index is -0.566. The first-order valence-electron chi connectivity index (χ1n) is 9.35. The summed E-state index contributed by atoms with van der Waals surface area (Å²) < 4.78 is 31.6. The molecule has 0 amide bonds. The van der Waals surface area contributed by atoms with E-state index in [4.69, 9.17) is 23.8 Å². The second kappa shape index (κ2) is 6.85. The average molecular weight is 445 g/mol. The Morgan fingerprint density at radius 3 is 2.83 bits per heavy atom. The van der Waals surface area contributed by atoms with Crippen molar-refractivity contribution in [1.82, 2.24) is 19.3 Å². The van der Waals surface area contributed by atoms with Crippen molar-refractivity contribution in [2.24, 2.45) is 0 Å². The highest BCUT2D eigenvalue weighted by atomic mass is 35.5. The Hall–Kier alpha value is -2.84. The van der Waals surface area contributed by atoms with Crippen LogP contribution in [0.3, 0.4) is 0 Å². The van der Waals surface area contributed by atoms with Crippen molar-refractivity contribution < 1.29 is 8.78 Å². The molecule has 0 bridgehead atoms. The topological polar surface area (TPSA) is 55.6 Å². The van der Waals surface area contributed by atoms with Gasteiger partial charge in [-0.05, 0) is 67.9 Å². The van der Waals surface area contributed by atoms with Gasteiger partial charge in [-0.3, -0.25) is 14.5 Å². The van der Waals surface area contributed by atoms with E-state index in [2.05, 4.69) is 17.1 Å². The van der Waals surface area contributed by atoms with Crippen LogP contribution in [0.25, 0.3) is 28.0 Å². The molecule has 0 fully saturated rings. The van der Waals surface area contributed by atoms with E-state index in [1.165, 1.54) is 34.9 Å². The van der Waals surface area contributed by atoms with Crippen LogP contribution in [0, 0.1) is 16.4 Å². The summed E-state index contributed by atoms with van der Waals surface area (Å²) in [7, 11) is 0. The molecule has 5 nitrogen and oxygen atoms in total. The van der Waals surface area contributed by atoms with Gasteiger partial charge in [0.05, 0.1) is 21.8 Å². The number of aromatic amines is 1. The van der Waals surface area contributed by atoms with Crippen LogP contribution in [0.2, 0.25) is 5.02 Å². The Balaban J connectivity index is 1.84. The van der Waals surface area contributed by atoms with Crippen LogP contribution in [-0.2, 0) is 6.42 Å². The van der Waals surface area contributed by atoms with Gasteiger partial charge in [-0.1, -0.05) is 11.6 Å². The number of rotatable bonds is 2. The summed E-state index contributed by atoms with van der Waals surface area (Å²) in [5.41, 5.74) is 1.94. The monoisotopic (exact) mass is 444 g/mol. The highest BCUT2D eigenvalue weighted by Gasteiger charge is 2.24. The van der Waals surface area contributed by atoms with Gasteiger partial charge in [0.25, 0.3) is 0 Å². The lowest BCUT2D eigenvalue weighted by Crippen LogP contribution is -2.21. The van der Waals surface area contributed by atoms with E-state index in [0.717, 1.165) is 17.5 Å². The number of nitrogens with one attached hydrogen (secondary N) is 1. The van der Waals surface area contributed by atoms with E-state index in [1.807, 2.05) is 4.57 Å². The number of halogens is 3. The van der Waals surface area contributed by atoms with Crippen molar-refractivity contribution in [3.8, 4) is 17.1 Å². The van der Waals surface area contributed by atoms with Crippen LogP contribution in [0.4, 0.5) is 8.78 Å². The van der Waals surface area contributed by atoms with Gasteiger partial charge in [0.1, 0.15) is 11.6 Å². The number of aromatic nitrogens is 4. The van der Waals surface area contributed by atoms with Crippen LogP contribution in [0.15, 0.2) is 41.3 Å². The highest BCUT2D eigenvalue weighted by Crippen LogP contribution is 2.32. The molecule has 3 heterocycles. The fraction of sp³-hybridized carbons (Fsp3) is 0.190. The lowest BCUT2D eigenvalue weighted by molar-refractivity contribution is 0.498. The first-order valence-corrected chi connectivity index (χ1v) is 10.1. The molecule has 2 aromatic carbocycles. The Morgan fingerprint density at radius 1 is 1.27 bits per heavy atom. The molecule has 0 spiro atoms. The van der Waals surface area contributed by atoms with Crippen LogP contribution in [-0.4, -0.2) is 19.3 Å². The number of aryl methyl sites for hydroxylation is 1. The molecule has 9 heteroatoms. The second-order valence-corrected chi connectivity index (χ2v) is 8.21. The summed E-state index contributed by atoms with van der Waals surface area (Å²) >= 11 is 11.3. The van der Waals surface area contributed by atoms with Gasteiger partial charge in [0.15, 0.2) is 10.6 Å². The first kappa shape index (κ1) is 19.1. The van der Waals surface area contributed by atoms with Gasteiger partial charge in [-0.2, -0.15) is 5.10 Å². The molecule has 1 aliphatic heterocycles. The minimum absolute atomic E-state index is 0.0767. The lowest BCUT2D eigenvalue weighted by atomic mass is 9.96. The maximum absolute atomic E-state index is 14.2. The summed E-state index contributed by atoms with van der Waals surface area (Å²) in [5.74, 6) is -0.761. The van der Waals surface area contributed by atoms with Gasteiger partial charge in [-0.15, -0.1) is 0 Å². The zero-order chi connectivity index (χ0) is 21.2. The third kappa shape index (κ3) is 2.82. The molecule has 0 saturated heterocycles. The van der Waals surface area contributed by atoms with E-state index in [-0.39, 0.29) is 32.7 Å². The van der Waals surface area contributed by atoms with Gasteiger partial charge in [0, 0.05) is 17.6 Å². The van der Waals surface area contributed by atoms with Gasteiger partial charge in [0.2, 0.25) is 5.43 Å². The van der Waals surface area contributed by atoms with Crippen LogP contribution < -0.4 is 5.43 Å². The number of nitrogens with zero attached hydrogens (tertiary/aromatic N) is 3. The number of benzene rings is 2. The van der Waals surface area contributed by atoms with Crippen LogP contribution in [0.1, 0.15) is 24.9 Å².